The average molecular weight is 456 g/mol. The van der Waals surface area contributed by atoms with Crippen LogP contribution in [0.1, 0.15) is 30.9 Å². The maximum Gasteiger partial charge on any atom is 0.328 e. The molecule has 10 heteroatoms. The number of benzene rings is 1. The molecular formula is C22H26ClN7O2. The zero-order valence-corrected chi connectivity index (χ0v) is 18.6. The van der Waals surface area contributed by atoms with Gasteiger partial charge in [0.2, 0.25) is 0 Å². The van der Waals surface area contributed by atoms with Gasteiger partial charge in [0.05, 0.1) is 13.2 Å². The molecule has 32 heavy (non-hydrogen) atoms. The highest BCUT2D eigenvalue weighted by Crippen LogP contribution is 2.19. The highest BCUT2D eigenvalue weighted by atomic mass is 35.5. The lowest BCUT2D eigenvalue weighted by molar-refractivity contribution is 0.286. The molecule has 0 saturated carbocycles. The summed E-state index contributed by atoms with van der Waals surface area (Å²) in [4.78, 5) is 28.2. The number of imidazole rings is 1. The average Bonchev–Trinajstić information content (AvgIpc) is 3.09. The Morgan fingerprint density at radius 2 is 2.00 bits per heavy atom. The van der Waals surface area contributed by atoms with Gasteiger partial charge in [0.15, 0.2) is 11.5 Å². The largest absolute Gasteiger partial charge is 0.463 e. The number of halogens is 1. The summed E-state index contributed by atoms with van der Waals surface area (Å²) in [5.74, 6) is 1.00. The van der Waals surface area contributed by atoms with Crippen LogP contribution in [0, 0.1) is 0 Å². The molecule has 0 saturated heterocycles. The Labute approximate surface area is 191 Å². The van der Waals surface area contributed by atoms with Crippen molar-refractivity contribution in [3.05, 3.63) is 70.3 Å². The normalized spacial score (nSPS) is 10.7. The first-order chi connectivity index (χ1) is 15.1. The van der Waals surface area contributed by atoms with Crippen LogP contribution in [0.3, 0.4) is 0 Å². The van der Waals surface area contributed by atoms with Crippen LogP contribution in [0.15, 0.2) is 53.5 Å². The lowest BCUT2D eigenvalue weighted by Crippen LogP contribution is -2.18. The summed E-state index contributed by atoms with van der Waals surface area (Å²) >= 11 is 0. The number of nitrogen functional groups attached to an aromatic ring is 1. The Kier molecular flexibility index (Phi) is 7.67. The number of nitrogens with zero attached hydrogens (tertiary/aromatic N) is 4. The number of hydrogen-bond donors (Lipinski definition) is 3. The molecule has 0 bridgehead atoms. The molecule has 0 amide bonds. The minimum absolute atomic E-state index is 0. The lowest BCUT2D eigenvalue weighted by atomic mass is 10.1. The zero-order chi connectivity index (χ0) is 21.6. The second kappa shape index (κ2) is 10.6. The van der Waals surface area contributed by atoms with Crippen LogP contribution in [-0.4, -0.2) is 31.1 Å². The number of hydrogen-bond acceptors (Lipinski definition) is 7. The summed E-state index contributed by atoms with van der Waals surface area (Å²) < 4.78 is 7.14. The first-order valence-corrected chi connectivity index (χ1v) is 10.3. The van der Waals surface area contributed by atoms with Gasteiger partial charge in [0, 0.05) is 12.7 Å². The van der Waals surface area contributed by atoms with E-state index >= 15 is 0 Å². The van der Waals surface area contributed by atoms with E-state index in [2.05, 4.69) is 32.2 Å². The first kappa shape index (κ1) is 23.1. The summed E-state index contributed by atoms with van der Waals surface area (Å²) in [7, 11) is 0. The zero-order valence-electron chi connectivity index (χ0n) is 17.7. The van der Waals surface area contributed by atoms with Crippen LogP contribution < -0.4 is 21.5 Å². The Morgan fingerprint density at radius 3 is 2.78 bits per heavy atom. The van der Waals surface area contributed by atoms with Crippen molar-refractivity contribution in [2.75, 3.05) is 17.7 Å². The van der Waals surface area contributed by atoms with Gasteiger partial charge >= 0.3 is 11.7 Å². The molecule has 0 aliphatic carbocycles. The van der Waals surface area contributed by atoms with Gasteiger partial charge in [-0.3, -0.25) is 4.57 Å². The third-order valence-corrected chi connectivity index (χ3v) is 4.83. The standard InChI is InChI=1S/C22H25N7O2.ClH/c1-2-3-11-31-21-27-19(23)18-20(28-21)29(22(30)26-18)14-16-8-6-7-15(12-16)13-25-17-9-4-5-10-24-17;/h4-10,12H,2-3,11,13-14H2,1H3,(H,24,25)(H,26,30)(H2,23,27,28);1H. The Balaban J connectivity index is 0.00000289. The topological polar surface area (TPSA) is 124 Å². The van der Waals surface area contributed by atoms with Crippen molar-refractivity contribution < 1.29 is 4.74 Å². The SMILES string of the molecule is CCCCOc1nc(N)c2[nH]c(=O)n(Cc3cccc(CNc4ccccn4)c3)c2n1.Cl. The highest BCUT2D eigenvalue weighted by Gasteiger charge is 2.15. The summed E-state index contributed by atoms with van der Waals surface area (Å²) in [5.41, 5.74) is 8.63. The number of nitrogens with two attached hydrogens (primary N) is 1. The number of rotatable bonds is 9. The van der Waals surface area contributed by atoms with E-state index in [0.29, 0.717) is 30.9 Å². The molecule has 0 aliphatic heterocycles. The molecule has 4 N–H and O–H groups in total. The fraction of sp³-hybridized carbons (Fsp3) is 0.273. The summed E-state index contributed by atoms with van der Waals surface area (Å²) in [5, 5.41) is 3.29. The highest BCUT2D eigenvalue weighted by molar-refractivity contribution is 5.85. The second-order valence-electron chi connectivity index (χ2n) is 7.20. The molecule has 4 aromatic rings. The molecule has 3 heterocycles. The number of fused-ring (bicyclic) bond motifs is 1. The number of aromatic nitrogens is 5. The van der Waals surface area contributed by atoms with Gasteiger partial charge in [-0.05, 0) is 29.7 Å². The second-order valence-corrected chi connectivity index (χ2v) is 7.20. The molecule has 0 atom stereocenters. The van der Waals surface area contributed by atoms with Crippen molar-refractivity contribution in [3.63, 3.8) is 0 Å². The Morgan fingerprint density at radius 1 is 1.16 bits per heavy atom. The third-order valence-electron chi connectivity index (χ3n) is 4.83. The van der Waals surface area contributed by atoms with E-state index in [9.17, 15) is 4.79 Å². The van der Waals surface area contributed by atoms with Crippen molar-refractivity contribution in [1.29, 1.82) is 0 Å². The van der Waals surface area contributed by atoms with Gasteiger partial charge in [0.1, 0.15) is 11.3 Å². The minimum Gasteiger partial charge on any atom is -0.463 e. The van der Waals surface area contributed by atoms with Crippen molar-refractivity contribution in [2.45, 2.75) is 32.9 Å². The number of nitrogens with one attached hydrogen (secondary N) is 2. The summed E-state index contributed by atoms with van der Waals surface area (Å²) in [6.45, 7) is 3.55. The number of anilines is 2. The van der Waals surface area contributed by atoms with Crippen molar-refractivity contribution in [2.24, 2.45) is 0 Å². The maximum absolute atomic E-state index is 12.6. The number of aromatic amines is 1. The predicted molar refractivity (Wildman–Crippen MR) is 127 cm³/mol. The molecule has 0 fully saturated rings. The molecule has 0 radical (unpaired) electrons. The van der Waals surface area contributed by atoms with Gasteiger partial charge in [-0.15, -0.1) is 12.4 Å². The molecule has 0 unspecified atom stereocenters. The van der Waals surface area contributed by atoms with Crippen LogP contribution >= 0.6 is 12.4 Å². The number of ether oxygens (including phenoxy) is 1. The third kappa shape index (κ3) is 5.36. The van der Waals surface area contributed by atoms with E-state index in [-0.39, 0.29) is 29.9 Å². The summed E-state index contributed by atoms with van der Waals surface area (Å²) in [6.07, 6.45) is 3.63. The molecule has 168 valence electrons. The number of pyridine rings is 1. The van der Waals surface area contributed by atoms with Crippen LogP contribution in [0.5, 0.6) is 6.01 Å². The monoisotopic (exact) mass is 455 g/mol. The number of unbranched alkanes of at least 4 members (excludes halogenated alkanes) is 1. The van der Waals surface area contributed by atoms with Crippen molar-refractivity contribution in [3.8, 4) is 6.01 Å². The van der Waals surface area contributed by atoms with Gasteiger partial charge in [0.25, 0.3) is 0 Å². The molecule has 0 spiro atoms. The van der Waals surface area contributed by atoms with Gasteiger partial charge in [-0.1, -0.05) is 43.7 Å². The van der Waals surface area contributed by atoms with Crippen LogP contribution in [-0.2, 0) is 13.1 Å². The van der Waals surface area contributed by atoms with Crippen molar-refractivity contribution in [1.82, 2.24) is 24.5 Å². The van der Waals surface area contributed by atoms with Crippen molar-refractivity contribution >= 4 is 35.2 Å². The van der Waals surface area contributed by atoms with Gasteiger partial charge < -0.3 is 20.8 Å². The van der Waals surface area contributed by atoms with Crippen LogP contribution in [0.2, 0.25) is 0 Å². The lowest BCUT2D eigenvalue weighted by Gasteiger charge is -2.09. The summed E-state index contributed by atoms with van der Waals surface area (Å²) in [6, 6.07) is 13.9. The van der Waals surface area contributed by atoms with E-state index in [1.54, 1.807) is 10.8 Å². The fourth-order valence-corrected chi connectivity index (χ4v) is 3.23. The van der Waals surface area contributed by atoms with E-state index < -0.39 is 0 Å². The molecule has 0 aliphatic rings. The minimum atomic E-state index is -0.293. The Bertz CT molecular complexity index is 1220. The van der Waals surface area contributed by atoms with E-state index in [4.69, 9.17) is 10.5 Å². The molecule has 3 aromatic heterocycles. The van der Waals surface area contributed by atoms with Gasteiger partial charge in [-0.25, -0.2) is 9.78 Å². The Hall–Kier alpha value is -3.59. The van der Waals surface area contributed by atoms with Gasteiger partial charge in [-0.2, -0.15) is 9.97 Å². The molecule has 9 nitrogen and oxygen atoms in total. The predicted octanol–water partition coefficient (Wildman–Crippen LogP) is 3.36. The molecule has 1 aromatic carbocycles. The first-order valence-electron chi connectivity index (χ1n) is 10.3. The van der Waals surface area contributed by atoms with E-state index in [0.717, 1.165) is 29.8 Å². The fourth-order valence-electron chi connectivity index (χ4n) is 3.23. The quantitative estimate of drug-likeness (QED) is 0.330. The molecular weight excluding hydrogens is 430 g/mol. The molecule has 4 rings (SSSR count). The number of H-pyrrole nitrogens is 1. The van der Waals surface area contributed by atoms with Crippen LogP contribution in [0.4, 0.5) is 11.6 Å². The maximum atomic E-state index is 12.6. The van der Waals surface area contributed by atoms with E-state index in [1.807, 2.05) is 42.5 Å². The van der Waals surface area contributed by atoms with Crippen LogP contribution in [0.25, 0.3) is 11.2 Å². The van der Waals surface area contributed by atoms with E-state index in [1.165, 1.54) is 0 Å². The smallest absolute Gasteiger partial charge is 0.328 e.